The number of nitrogens with one attached hydrogen (secondary N) is 1. The maximum atomic E-state index is 13.6. The molecule has 0 saturated heterocycles. The molecule has 1 fully saturated rings. The summed E-state index contributed by atoms with van der Waals surface area (Å²) in [5.41, 5.74) is -1.13. The zero-order valence-electron chi connectivity index (χ0n) is 10.7. The van der Waals surface area contributed by atoms with Crippen LogP contribution in [0, 0.1) is 11.6 Å². The zero-order chi connectivity index (χ0) is 15.1. The first-order chi connectivity index (χ1) is 9.12. The molecule has 3 N–H and O–H groups in total. The second-order valence-corrected chi connectivity index (χ2v) is 6.74. The van der Waals surface area contributed by atoms with Crippen LogP contribution in [0.25, 0.3) is 0 Å². The minimum atomic E-state index is -4.22. The van der Waals surface area contributed by atoms with Crippen molar-refractivity contribution >= 4 is 15.9 Å². The topological polar surface area (TPSA) is 89.3 Å². The zero-order valence-corrected chi connectivity index (χ0v) is 11.6. The summed E-state index contributed by atoms with van der Waals surface area (Å²) in [6, 6.07) is 1.19. The van der Waals surface area contributed by atoms with E-state index in [-0.39, 0.29) is 0 Å². The van der Waals surface area contributed by atoms with Crippen LogP contribution < -0.4 is 10.5 Å². The number of rotatable bonds is 3. The summed E-state index contributed by atoms with van der Waals surface area (Å²) >= 11 is 0. The quantitative estimate of drug-likeness (QED) is 0.881. The van der Waals surface area contributed by atoms with E-state index in [1.807, 2.05) is 0 Å². The maximum absolute atomic E-state index is 13.6. The van der Waals surface area contributed by atoms with Gasteiger partial charge in [-0.25, -0.2) is 22.3 Å². The summed E-state index contributed by atoms with van der Waals surface area (Å²) in [4.78, 5) is 11.3. The van der Waals surface area contributed by atoms with Gasteiger partial charge in [0.2, 0.25) is 10.0 Å². The summed E-state index contributed by atoms with van der Waals surface area (Å²) in [7, 11) is -4.22. The van der Waals surface area contributed by atoms with Crippen LogP contribution in [-0.2, 0) is 10.0 Å². The molecular weight excluding hydrogens is 290 g/mol. The molecule has 1 saturated carbocycles. The second-order valence-electron chi connectivity index (χ2n) is 5.18. The van der Waals surface area contributed by atoms with Gasteiger partial charge in [-0.3, -0.25) is 4.79 Å². The van der Waals surface area contributed by atoms with Crippen molar-refractivity contribution in [3.8, 4) is 0 Å². The van der Waals surface area contributed by atoms with Crippen LogP contribution in [0.5, 0.6) is 0 Å². The van der Waals surface area contributed by atoms with E-state index in [1.54, 1.807) is 6.92 Å². The normalized spacial score (nSPS) is 17.4. The van der Waals surface area contributed by atoms with Gasteiger partial charge in [0.15, 0.2) is 11.6 Å². The Morgan fingerprint density at radius 1 is 1.35 bits per heavy atom. The van der Waals surface area contributed by atoms with Crippen LogP contribution in [0.3, 0.4) is 0 Å². The predicted molar refractivity (Wildman–Crippen MR) is 67.5 cm³/mol. The number of hydrogen-bond donors (Lipinski definition) is 2. The largest absolute Gasteiger partial charge is 0.347 e. The SMILES string of the molecule is CC1(NC(=O)c2cc(S(N)(=O)=O)cc(F)c2F)CCC1. The molecule has 0 unspecified atom stereocenters. The molecule has 0 radical (unpaired) electrons. The second kappa shape index (κ2) is 4.78. The van der Waals surface area contributed by atoms with Crippen LogP contribution in [-0.4, -0.2) is 19.9 Å². The van der Waals surface area contributed by atoms with E-state index in [2.05, 4.69) is 5.32 Å². The van der Waals surface area contributed by atoms with Crippen molar-refractivity contribution in [3.63, 3.8) is 0 Å². The van der Waals surface area contributed by atoms with Gasteiger partial charge in [0, 0.05) is 5.54 Å². The van der Waals surface area contributed by atoms with Gasteiger partial charge in [-0.1, -0.05) is 0 Å². The monoisotopic (exact) mass is 304 g/mol. The number of primary sulfonamides is 1. The van der Waals surface area contributed by atoms with Crippen molar-refractivity contribution in [2.45, 2.75) is 36.6 Å². The molecule has 1 aliphatic rings. The third-order valence-corrected chi connectivity index (χ3v) is 4.34. The van der Waals surface area contributed by atoms with Crippen LogP contribution in [0.1, 0.15) is 36.5 Å². The van der Waals surface area contributed by atoms with Crippen molar-refractivity contribution in [1.29, 1.82) is 0 Å². The fourth-order valence-corrected chi connectivity index (χ4v) is 2.62. The Balaban J connectivity index is 2.40. The molecule has 1 aromatic carbocycles. The van der Waals surface area contributed by atoms with E-state index in [0.29, 0.717) is 6.07 Å². The van der Waals surface area contributed by atoms with Gasteiger partial charge in [0.05, 0.1) is 10.5 Å². The average Bonchev–Trinajstić information content (AvgIpc) is 2.28. The number of carbonyl (C=O) groups excluding carboxylic acids is 1. The third kappa shape index (κ3) is 2.80. The highest BCUT2D eigenvalue weighted by Crippen LogP contribution is 2.31. The standard InChI is InChI=1S/C12H14F2N2O3S/c1-12(3-2-4-12)16-11(17)8-5-7(20(15,18)19)6-9(13)10(8)14/h5-6H,2-4H2,1H3,(H,16,17)(H2,15,18,19). The van der Waals surface area contributed by atoms with Gasteiger partial charge >= 0.3 is 0 Å². The fraction of sp³-hybridized carbons (Fsp3) is 0.417. The highest BCUT2D eigenvalue weighted by Gasteiger charge is 2.34. The van der Waals surface area contributed by atoms with Crippen molar-refractivity contribution < 1.29 is 22.0 Å². The average molecular weight is 304 g/mol. The Labute approximate surface area is 115 Å². The highest BCUT2D eigenvalue weighted by molar-refractivity contribution is 7.89. The van der Waals surface area contributed by atoms with E-state index < -0.39 is 43.6 Å². The fourth-order valence-electron chi connectivity index (χ4n) is 2.07. The molecule has 1 aromatic rings. The van der Waals surface area contributed by atoms with Gasteiger partial charge in [-0.15, -0.1) is 0 Å². The Morgan fingerprint density at radius 2 is 1.95 bits per heavy atom. The van der Waals surface area contributed by atoms with Gasteiger partial charge in [-0.05, 0) is 38.3 Å². The van der Waals surface area contributed by atoms with Crippen molar-refractivity contribution in [1.82, 2.24) is 5.32 Å². The van der Waals surface area contributed by atoms with Crippen LogP contribution in [0.4, 0.5) is 8.78 Å². The van der Waals surface area contributed by atoms with Gasteiger partial charge in [0.1, 0.15) is 0 Å². The molecule has 1 amide bonds. The Kier molecular flexibility index (Phi) is 3.55. The molecule has 0 aromatic heterocycles. The molecule has 0 aliphatic heterocycles. The lowest BCUT2D eigenvalue weighted by Crippen LogP contribution is -2.51. The molecule has 2 rings (SSSR count). The van der Waals surface area contributed by atoms with Gasteiger partial charge in [-0.2, -0.15) is 0 Å². The molecule has 0 heterocycles. The molecule has 1 aliphatic carbocycles. The number of carbonyl (C=O) groups is 1. The lowest BCUT2D eigenvalue weighted by molar-refractivity contribution is 0.0845. The summed E-state index contributed by atoms with van der Waals surface area (Å²) in [5, 5.41) is 7.44. The summed E-state index contributed by atoms with van der Waals surface area (Å²) in [6.07, 6.45) is 2.40. The lowest BCUT2D eigenvalue weighted by Gasteiger charge is -2.39. The molecule has 110 valence electrons. The molecule has 8 heteroatoms. The number of hydrogen-bond acceptors (Lipinski definition) is 3. The molecule has 20 heavy (non-hydrogen) atoms. The van der Waals surface area contributed by atoms with Crippen LogP contribution in [0.2, 0.25) is 0 Å². The molecule has 0 atom stereocenters. The Morgan fingerprint density at radius 3 is 2.40 bits per heavy atom. The van der Waals surface area contributed by atoms with Crippen molar-refractivity contribution in [2.24, 2.45) is 5.14 Å². The van der Waals surface area contributed by atoms with Gasteiger partial charge < -0.3 is 5.32 Å². The first-order valence-corrected chi connectivity index (χ1v) is 7.51. The van der Waals surface area contributed by atoms with E-state index in [9.17, 15) is 22.0 Å². The lowest BCUT2D eigenvalue weighted by atomic mass is 9.78. The number of halogens is 2. The molecule has 0 spiro atoms. The van der Waals surface area contributed by atoms with E-state index in [1.165, 1.54) is 0 Å². The van der Waals surface area contributed by atoms with Gasteiger partial charge in [0.25, 0.3) is 5.91 Å². The minimum Gasteiger partial charge on any atom is -0.347 e. The number of nitrogens with two attached hydrogens (primary N) is 1. The first kappa shape index (κ1) is 14.9. The minimum absolute atomic E-state index is 0.451. The number of sulfonamides is 1. The van der Waals surface area contributed by atoms with Crippen LogP contribution >= 0.6 is 0 Å². The van der Waals surface area contributed by atoms with E-state index in [0.717, 1.165) is 25.3 Å². The summed E-state index contributed by atoms with van der Waals surface area (Å²) in [5.74, 6) is -3.67. The smallest absolute Gasteiger partial charge is 0.254 e. The Bertz CT molecular complexity index is 670. The molecule has 5 nitrogen and oxygen atoms in total. The molecule has 0 bridgehead atoms. The Hall–Kier alpha value is -1.54. The van der Waals surface area contributed by atoms with E-state index >= 15 is 0 Å². The maximum Gasteiger partial charge on any atom is 0.254 e. The first-order valence-electron chi connectivity index (χ1n) is 5.97. The third-order valence-electron chi connectivity index (χ3n) is 3.45. The highest BCUT2D eigenvalue weighted by atomic mass is 32.2. The van der Waals surface area contributed by atoms with Crippen LogP contribution in [0.15, 0.2) is 17.0 Å². The summed E-state index contributed by atoms with van der Waals surface area (Å²) in [6.45, 7) is 1.78. The number of amides is 1. The predicted octanol–water partition coefficient (Wildman–Crippen LogP) is 1.28. The van der Waals surface area contributed by atoms with Crippen molar-refractivity contribution in [2.75, 3.05) is 0 Å². The summed E-state index contributed by atoms with van der Waals surface area (Å²) < 4.78 is 49.4. The number of benzene rings is 1. The molecular formula is C12H14F2N2O3S. The van der Waals surface area contributed by atoms with Crippen molar-refractivity contribution in [3.05, 3.63) is 29.3 Å². The van der Waals surface area contributed by atoms with E-state index in [4.69, 9.17) is 5.14 Å².